The van der Waals surface area contributed by atoms with Gasteiger partial charge in [0.05, 0.1) is 15.6 Å². The second-order valence-corrected chi connectivity index (χ2v) is 9.12. The van der Waals surface area contributed by atoms with Gasteiger partial charge in [-0.15, -0.1) is 0 Å². The van der Waals surface area contributed by atoms with E-state index in [0.717, 1.165) is 12.8 Å². The molecule has 0 radical (unpaired) electrons. The molecule has 3 N–H and O–H groups in total. The molecule has 2 fully saturated rings. The predicted octanol–water partition coefficient (Wildman–Crippen LogP) is 1.77. The first kappa shape index (κ1) is 19.4. The van der Waals surface area contributed by atoms with Crippen molar-refractivity contribution in [1.29, 1.82) is 0 Å². The molecule has 1 heterocycles. The van der Waals surface area contributed by atoms with Gasteiger partial charge in [-0.2, -0.15) is 0 Å². The van der Waals surface area contributed by atoms with Crippen LogP contribution >= 0.6 is 23.2 Å². The number of nitrogens with two attached hydrogens (primary N) is 1. The molecule has 0 atom stereocenters. The van der Waals surface area contributed by atoms with Crippen LogP contribution in [0.15, 0.2) is 17.0 Å². The fourth-order valence-electron chi connectivity index (χ4n) is 2.92. The molecular weight excluding hydrogens is 401 g/mol. The third-order valence-corrected chi connectivity index (χ3v) is 6.92. The average molecular weight is 420 g/mol. The first-order valence-electron chi connectivity index (χ1n) is 8.29. The summed E-state index contributed by atoms with van der Waals surface area (Å²) in [6.45, 7) is 0.710. The number of hydrogen-bond donors (Lipinski definition) is 2. The van der Waals surface area contributed by atoms with Gasteiger partial charge in [0.25, 0.3) is 5.91 Å². The van der Waals surface area contributed by atoms with E-state index in [4.69, 9.17) is 28.9 Å². The summed E-state index contributed by atoms with van der Waals surface area (Å²) in [5, 5.41) is 0.0505. The van der Waals surface area contributed by atoms with Crippen molar-refractivity contribution in [3.8, 4) is 0 Å². The van der Waals surface area contributed by atoms with Gasteiger partial charge in [0.1, 0.15) is 4.90 Å². The molecule has 0 spiro atoms. The number of nitrogens with one attached hydrogen (secondary N) is 1. The summed E-state index contributed by atoms with van der Waals surface area (Å²) in [5.41, 5.74) is 5.38. The van der Waals surface area contributed by atoms with Gasteiger partial charge in [-0.1, -0.05) is 23.2 Å². The van der Waals surface area contributed by atoms with Crippen LogP contribution < -0.4 is 10.5 Å². The molecule has 10 heteroatoms. The molecule has 2 aliphatic rings. The molecular formula is C16H19Cl2N3O4S. The van der Waals surface area contributed by atoms with Gasteiger partial charge in [-0.25, -0.2) is 13.1 Å². The van der Waals surface area contributed by atoms with Gasteiger partial charge in [-0.3, -0.25) is 9.59 Å². The average Bonchev–Trinajstić information content (AvgIpc) is 3.37. The Morgan fingerprint density at radius 3 is 2.23 bits per heavy atom. The fourth-order valence-corrected chi connectivity index (χ4v) is 5.08. The standard InChI is InChI=1S/C16H19Cl2N3O4S/c17-12-8-13(18)14(26(24,25)20-10-1-2-10)7-11(12)16(23)21-5-3-9(4-6-21)15(19)22/h7-10,20H,1-6H2,(H2,19,22). The number of piperidine rings is 1. The maximum Gasteiger partial charge on any atom is 0.255 e. The van der Waals surface area contributed by atoms with Crippen molar-refractivity contribution >= 4 is 45.0 Å². The SMILES string of the molecule is NC(=O)C1CCN(C(=O)c2cc(S(=O)(=O)NC3CC3)c(Cl)cc2Cl)CC1. The third-order valence-electron chi connectivity index (χ3n) is 4.63. The largest absolute Gasteiger partial charge is 0.369 e. The summed E-state index contributed by atoms with van der Waals surface area (Å²) in [5.74, 6) is -1.02. The van der Waals surface area contributed by atoms with E-state index in [9.17, 15) is 18.0 Å². The lowest BCUT2D eigenvalue weighted by Gasteiger charge is -2.31. The van der Waals surface area contributed by atoms with Crippen LogP contribution in [-0.4, -0.2) is 44.3 Å². The summed E-state index contributed by atoms with van der Waals surface area (Å²) in [6.07, 6.45) is 2.51. The van der Waals surface area contributed by atoms with Crippen molar-refractivity contribution in [2.45, 2.75) is 36.6 Å². The molecule has 1 saturated heterocycles. The Bertz CT molecular complexity index is 847. The van der Waals surface area contributed by atoms with Crippen molar-refractivity contribution in [1.82, 2.24) is 9.62 Å². The Hall–Kier alpha value is -1.35. The number of primary amides is 1. The number of amides is 2. The molecule has 0 unspecified atom stereocenters. The first-order chi connectivity index (χ1) is 12.2. The van der Waals surface area contributed by atoms with Gasteiger partial charge in [0, 0.05) is 25.0 Å². The summed E-state index contributed by atoms with van der Waals surface area (Å²) in [4.78, 5) is 25.4. The van der Waals surface area contributed by atoms with Crippen LogP contribution in [0.1, 0.15) is 36.0 Å². The van der Waals surface area contributed by atoms with Crippen molar-refractivity contribution in [3.63, 3.8) is 0 Å². The summed E-state index contributed by atoms with van der Waals surface area (Å²) < 4.78 is 27.5. The van der Waals surface area contributed by atoms with Crippen LogP contribution in [0.2, 0.25) is 10.0 Å². The highest BCUT2D eigenvalue weighted by atomic mass is 35.5. The Labute approximate surface area is 161 Å². The summed E-state index contributed by atoms with van der Waals surface area (Å²) in [6, 6.07) is 2.41. The van der Waals surface area contributed by atoms with Crippen LogP contribution in [0.4, 0.5) is 0 Å². The van der Waals surface area contributed by atoms with Gasteiger partial charge in [0.15, 0.2) is 0 Å². The Balaban J connectivity index is 1.84. The topological polar surface area (TPSA) is 110 Å². The zero-order valence-electron chi connectivity index (χ0n) is 13.9. The number of nitrogens with zero attached hydrogens (tertiary/aromatic N) is 1. The van der Waals surface area contributed by atoms with E-state index in [1.165, 1.54) is 12.1 Å². The van der Waals surface area contributed by atoms with Gasteiger partial charge in [0.2, 0.25) is 15.9 Å². The normalized spacial score (nSPS) is 18.8. The quantitative estimate of drug-likeness (QED) is 0.757. The first-order valence-corrected chi connectivity index (χ1v) is 10.5. The van der Waals surface area contributed by atoms with Crippen molar-refractivity contribution in [2.75, 3.05) is 13.1 Å². The zero-order chi connectivity index (χ0) is 19.1. The van der Waals surface area contributed by atoms with Gasteiger partial charge >= 0.3 is 0 Å². The number of halogens is 2. The highest BCUT2D eigenvalue weighted by Gasteiger charge is 2.32. The van der Waals surface area contributed by atoms with Crippen LogP contribution in [0.3, 0.4) is 0 Å². The van der Waals surface area contributed by atoms with Crippen LogP contribution in [-0.2, 0) is 14.8 Å². The fraction of sp³-hybridized carbons (Fsp3) is 0.500. The second kappa shape index (κ2) is 7.34. The van der Waals surface area contributed by atoms with E-state index in [-0.39, 0.29) is 38.4 Å². The highest BCUT2D eigenvalue weighted by molar-refractivity contribution is 7.89. The summed E-state index contributed by atoms with van der Waals surface area (Å²) >= 11 is 12.2. The Kier molecular flexibility index (Phi) is 5.48. The minimum atomic E-state index is -3.82. The van der Waals surface area contributed by atoms with E-state index in [1.54, 1.807) is 4.90 Å². The molecule has 0 bridgehead atoms. The van der Waals surface area contributed by atoms with Crippen molar-refractivity contribution in [3.05, 3.63) is 27.7 Å². The lowest BCUT2D eigenvalue weighted by molar-refractivity contribution is -0.123. The highest BCUT2D eigenvalue weighted by Crippen LogP contribution is 2.32. The predicted molar refractivity (Wildman–Crippen MR) is 97.6 cm³/mol. The smallest absolute Gasteiger partial charge is 0.255 e. The molecule has 1 aromatic rings. The molecule has 7 nitrogen and oxygen atoms in total. The van der Waals surface area contributed by atoms with Crippen molar-refractivity contribution < 1.29 is 18.0 Å². The van der Waals surface area contributed by atoms with Crippen LogP contribution in [0.25, 0.3) is 0 Å². The molecule has 1 saturated carbocycles. The molecule has 0 aromatic heterocycles. The Morgan fingerprint density at radius 1 is 1.08 bits per heavy atom. The number of benzene rings is 1. The van der Waals surface area contributed by atoms with E-state index >= 15 is 0 Å². The molecule has 142 valence electrons. The molecule has 1 aliphatic heterocycles. The number of carbonyl (C=O) groups is 2. The number of likely N-dealkylation sites (tertiary alicyclic amines) is 1. The molecule has 2 amide bonds. The maximum atomic E-state index is 12.8. The van der Waals surface area contributed by atoms with E-state index in [1.807, 2.05) is 0 Å². The molecule has 1 aromatic carbocycles. The minimum absolute atomic E-state index is 0.0351. The zero-order valence-corrected chi connectivity index (χ0v) is 16.2. The third kappa shape index (κ3) is 4.14. The summed E-state index contributed by atoms with van der Waals surface area (Å²) in [7, 11) is -3.82. The number of carbonyl (C=O) groups excluding carboxylic acids is 2. The van der Waals surface area contributed by atoms with E-state index < -0.39 is 15.9 Å². The van der Waals surface area contributed by atoms with Crippen LogP contribution in [0.5, 0.6) is 0 Å². The minimum Gasteiger partial charge on any atom is -0.369 e. The molecule has 3 rings (SSSR count). The lowest BCUT2D eigenvalue weighted by atomic mass is 9.96. The number of rotatable bonds is 5. The molecule has 26 heavy (non-hydrogen) atoms. The maximum absolute atomic E-state index is 12.8. The lowest BCUT2D eigenvalue weighted by Crippen LogP contribution is -2.41. The second-order valence-electron chi connectivity index (χ2n) is 6.63. The monoisotopic (exact) mass is 419 g/mol. The Morgan fingerprint density at radius 2 is 1.69 bits per heavy atom. The van der Waals surface area contributed by atoms with Gasteiger partial charge in [-0.05, 0) is 37.8 Å². The van der Waals surface area contributed by atoms with Gasteiger partial charge < -0.3 is 10.6 Å². The number of sulfonamides is 1. The number of hydrogen-bond acceptors (Lipinski definition) is 4. The van der Waals surface area contributed by atoms with Crippen LogP contribution in [0, 0.1) is 5.92 Å². The van der Waals surface area contributed by atoms with E-state index in [0.29, 0.717) is 25.9 Å². The molecule has 1 aliphatic carbocycles. The van der Waals surface area contributed by atoms with Crippen molar-refractivity contribution in [2.24, 2.45) is 11.7 Å². The van der Waals surface area contributed by atoms with E-state index in [2.05, 4.69) is 4.72 Å².